The Morgan fingerprint density at radius 1 is 1.41 bits per heavy atom. The third-order valence-electron chi connectivity index (χ3n) is 4.45. The normalized spacial score (nSPS) is 17.8. The van der Waals surface area contributed by atoms with Crippen LogP contribution in [-0.2, 0) is 6.18 Å². The molecule has 1 fully saturated rings. The molecule has 0 aliphatic carbocycles. The predicted molar refractivity (Wildman–Crippen MR) is 98.2 cm³/mol. The number of nitrogens with zero attached hydrogens (tertiary/aromatic N) is 3. The van der Waals surface area contributed by atoms with Crippen LogP contribution >= 0.6 is 11.3 Å². The number of carbonyl (C=O) groups is 1. The fourth-order valence-corrected chi connectivity index (χ4v) is 3.99. The summed E-state index contributed by atoms with van der Waals surface area (Å²) < 4.78 is 38.3. The number of halogens is 3. The van der Waals surface area contributed by atoms with Crippen molar-refractivity contribution in [1.82, 2.24) is 15.3 Å². The minimum atomic E-state index is -4.40. The van der Waals surface area contributed by atoms with Crippen LogP contribution in [0, 0.1) is 0 Å². The second-order valence-corrected chi connectivity index (χ2v) is 7.40. The Labute approximate surface area is 159 Å². The van der Waals surface area contributed by atoms with E-state index in [2.05, 4.69) is 15.3 Å². The van der Waals surface area contributed by atoms with E-state index in [4.69, 9.17) is 0 Å². The summed E-state index contributed by atoms with van der Waals surface area (Å²) in [6.07, 6.45) is -0.349. The van der Waals surface area contributed by atoms with Gasteiger partial charge in [-0.2, -0.15) is 13.2 Å². The van der Waals surface area contributed by atoms with Crippen molar-refractivity contribution in [2.75, 3.05) is 24.5 Å². The molecule has 1 atom stereocenters. The maximum Gasteiger partial charge on any atom is 0.434 e. The van der Waals surface area contributed by atoms with Gasteiger partial charge < -0.3 is 10.2 Å². The summed E-state index contributed by atoms with van der Waals surface area (Å²) >= 11 is 1.06. The minimum Gasteiger partial charge on any atom is -0.356 e. The molecular formula is C18H21F3N4OS. The highest BCUT2D eigenvalue weighted by atomic mass is 32.1. The van der Waals surface area contributed by atoms with Crippen molar-refractivity contribution in [3.63, 3.8) is 0 Å². The van der Waals surface area contributed by atoms with Crippen molar-refractivity contribution in [2.45, 2.75) is 38.3 Å². The average Bonchev–Trinajstić information content (AvgIpc) is 3.17. The third kappa shape index (κ3) is 4.77. The van der Waals surface area contributed by atoms with Gasteiger partial charge in [0.1, 0.15) is 5.82 Å². The van der Waals surface area contributed by atoms with Crippen molar-refractivity contribution < 1.29 is 18.0 Å². The quantitative estimate of drug-likeness (QED) is 0.825. The summed E-state index contributed by atoms with van der Waals surface area (Å²) in [5.41, 5.74) is -0.323. The number of alkyl halides is 3. The molecule has 146 valence electrons. The number of amides is 1. The van der Waals surface area contributed by atoms with Gasteiger partial charge in [-0.1, -0.05) is 6.92 Å². The summed E-state index contributed by atoms with van der Waals surface area (Å²) in [5, 5.41) is 4.40. The number of aromatic nitrogens is 2. The molecule has 5 nitrogen and oxygen atoms in total. The molecule has 2 aromatic rings. The fourth-order valence-electron chi connectivity index (χ4n) is 3.04. The topological polar surface area (TPSA) is 58.1 Å². The van der Waals surface area contributed by atoms with Crippen LogP contribution in [-0.4, -0.2) is 35.5 Å². The van der Waals surface area contributed by atoms with E-state index < -0.39 is 11.9 Å². The molecular weight excluding hydrogens is 377 g/mol. The van der Waals surface area contributed by atoms with E-state index in [1.54, 1.807) is 12.1 Å². The zero-order valence-electron chi connectivity index (χ0n) is 14.9. The van der Waals surface area contributed by atoms with Crippen LogP contribution in [0.3, 0.4) is 0 Å². The van der Waals surface area contributed by atoms with Gasteiger partial charge in [-0.15, -0.1) is 11.3 Å². The van der Waals surface area contributed by atoms with Crippen LogP contribution in [0.1, 0.15) is 53.2 Å². The molecule has 1 N–H and O–H groups in total. The van der Waals surface area contributed by atoms with Gasteiger partial charge in [0, 0.05) is 37.1 Å². The Morgan fingerprint density at radius 3 is 2.85 bits per heavy atom. The zero-order valence-corrected chi connectivity index (χ0v) is 15.7. The highest BCUT2D eigenvalue weighted by Crippen LogP contribution is 2.35. The van der Waals surface area contributed by atoms with E-state index in [9.17, 15) is 18.0 Å². The molecule has 1 amide bonds. The Kier molecular flexibility index (Phi) is 5.98. The van der Waals surface area contributed by atoms with Crippen molar-refractivity contribution >= 4 is 23.1 Å². The summed E-state index contributed by atoms with van der Waals surface area (Å²) in [4.78, 5) is 22.2. The molecule has 1 unspecified atom stereocenters. The number of piperidine rings is 1. The van der Waals surface area contributed by atoms with Gasteiger partial charge in [-0.05, 0) is 31.4 Å². The Balaban J connectivity index is 1.67. The van der Waals surface area contributed by atoms with Gasteiger partial charge in [0.25, 0.3) is 5.91 Å². The molecule has 3 rings (SSSR count). The van der Waals surface area contributed by atoms with E-state index in [-0.39, 0.29) is 11.8 Å². The SMILES string of the molecule is CCCNC(=O)c1ccc(N2CCCC(c3nc(C(F)(F)F)cs3)C2)nc1. The summed E-state index contributed by atoms with van der Waals surface area (Å²) in [5.74, 6) is 0.517. The standard InChI is InChI=1S/C18H21F3N4OS/c1-2-7-22-16(26)12-5-6-15(23-9-12)25-8-3-4-13(10-25)17-24-14(11-27-17)18(19,20)21/h5-6,9,11,13H,2-4,7-8,10H2,1H3,(H,22,26). The highest BCUT2D eigenvalue weighted by Gasteiger charge is 2.35. The molecule has 3 heterocycles. The van der Waals surface area contributed by atoms with Crippen molar-refractivity contribution in [2.24, 2.45) is 0 Å². The van der Waals surface area contributed by atoms with Gasteiger partial charge in [0.05, 0.1) is 10.6 Å². The first-order chi connectivity index (χ1) is 12.9. The molecule has 27 heavy (non-hydrogen) atoms. The Morgan fingerprint density at radius 2 is 2.22 bits per heavy atom. The van der Waals surface area contributed by atoms with E-state index in [0.717, 1.165) is 48.3 Å². The third-order valence-corrected chi connectivity index (χ3v) is 5.46. The van der Waals surface area contributed by atoms with E-state index in [1.165, 1.54) is 6.20 Å². The number of hydrogen-bond acceptors (Lipinski definition) is 5. The summed E-state index contributed by atoms with van der Waals surface area (Å²) in [6, 6.07) is 3.51. The van der Waals surface area contributed by atoms with E-state index in [1.807, 2.05) is 11.8 Å². The molecule has 1 aliphatic heterocycles. The lowest BCUT2D eigenvalue weighted by molar-refractivity contribution is -0.140. The molecule has 9 heteroatoms. The van der Waals surface area contributed by atoms with E-state index in [0.29, 0.717) is 23.7 Å². The molecule has 0 aromatic carbocycles. The number of thiazole rings is 1. The lowest BCUT2D eigenvalue weighted by Gasteiger charge is -2.32. The first-order valence-electron chi connectivity index (χ1n) is 8.90. The summed E-state index contributed by atoms with van der Waals surface area (Å²) in [7, 11) is 0. The predicted octanol–water partition coefficient (Wildman–Crippen LogP) is 4.08. The van der Waals surface area contributed by atoms with Crippen molar-refractivity contribution in [3.05, 3.63) is 40.0 Å². The molecule has 0 spiro atoms. The maximum absolute atomic E-state index is 12.8. The lowest BCUT2D eigenvalue weighted by Crippen LogP contribution is -2.35. The van der Waals surface area contributed by atoms with Crippen molar-refractivity contribution in [1.29, 1.82) is 0 Å². The van der Waals surface area contributed by atoms with Crippen LogP contribution in [0.25, 0.3) is 0 Å². The van der Waals surface area contributed by atoms with Gasteiger partial charge in [0.15, 0.2) is 5.69 Å². The number of carbonyl (C=O) groups excluding carboxylic acids is 1. The molecule has 1 saturated heterocycles. The lowest BCUT2D eigenvalue weighted by atomic mass is 9.98. The average molecular weight is 398 g/mol. The molecule has 0 saturated carbocycles. The van der Waals surface area contributed by atoms with Gasteiger partial charge >= 0.3 is 6.18 Å². The van der Waals surface area contributed by atoms with Crippen LogP contribution in [0.15, 0.2) is 23.7 Å². The Hall–Kier alpha value is -2.16. The first-order valence-corrected chi connectivity index (χ1v) is 9.78. The van der Waals surface area contributed by atoms with Crippen LogP contribution < -0.4 is 10.2 Å². The molecule has 0 bridgehead atoms. The smallest absolute Gasteiger partial charge is 0.356 e. The Bertz CT molecular complexity index is 776. The monoisotopic (exact) mass is 398 g/mol. The number of pyridine rings is 1. The number of rotatable bonds is 5. The van der Waals surface area contributed by atoms with Crippen LogP contribution in [0.2, 0.25) is 0 Å². The molecule has 2 aromatic heterocycles. The highest BCUT2D eigenvalue weighted by molar-refractivity contribution is 7.09. The maximum atomic E-state index is 12.8. The second-order valence-electron chi connectivity index (χ2n) is 6.51. The van der Waals surface area contributed by atoms with Gasteiger partial charge in [-0.25, -0.2) is 9.97 Å². The number of nitrogens with one attached hydrogen (secondary N) is 1. The second kappa shape index (κ2) is 8.24. The van der Waals surface area contributed by atoms with Crippen LogP contribution in [0.4, 0.5) is 19.0 Å². The fraction of sp³-hybridized carbons (Fsp3) is 0.500. The molecule has 1 aliphatic rings. The van der Waals surface area contributed by atoms with Crippen molar-refractivity contribution in [3.8, 4) is 0 Å². The summed E-state index contributed by atoms with van der Waals surface area (Å²) in [6.45, 7) is 3.94. The van der Waals surface area contributed by atoms with Gasteiger partial charge in [0.2, 0.25) is 0 Å². The molecule has 0 radical (unpaired) electrons. The minimum absolute atomic E-state index is 0.0471. The first kappa shape index (κ1) is 19.6. The zero-order chi connectivity index (χ0) is 19.4. The number of anilines is 1. The van der Waals surface area contributed by atoms with Crippen LogP contribution in [0.5, 0.6) is 0 Å². The van der Waals surface area contributed by atoms with E-state index >= 15 is 0 Å². The van der Waals surface area contributed by atoms with Gasteiger partial charge in [-0.3, -0.25) is 4.79 Å². The largest absolute Gasteiger partial charge is 0.434 e. The number of hydrogen-bond donors (Lipinski definition) is 1.